The number of likely N-dealkylation sites (tertiary alicyclic amines) is 1. The molecule has 144 valence electrons. The van der Waals surface area contributed by atoms with Gasteiger partial charge in [-0.1, -0.05) is 0 Å². The van der Waals surface area contributed by atoms with E-state index in [1.165, 1.54) is 0 Å². The van der Waals surface area contributed by atoms with Gasteiger partial charge in [-0.05, 0) is 49.2 Å². The number of carbonyl (C=O) groups excluding carboxylic acids is 1. The van der Waals surface area contributed by atoms with Crippen molar-refractivity contribution in [1.82, 2.24) is 19.7 Å². The topological polar surface area (TPSA) is 69.5 Å². The molecule has 1 amide bonds. The fourth-order valence-corrected chi connectivity index (χ4v) is 3.33. The Morgan fingerprint density at radius 2 is 1.75 bits per heavy atom. The highest BCUT2D eigenvalue weighted by Gasteiger charge is 2.26. The zero-order valence-electron chi connectivity index (χ0n) is 15.7. The van der Waals surface area contributed by atoms with Gasteiger partial charge in [0.05, 0.1) is 13.7 Å². The van der Waals surface area contributed by atoms with E-state index in [0.717, 1.165) is 25.1 Å². The van der Waals surface area contributed by atoms with Gasteiger partial charge in [-0.3, -0.25) is 4.79 Å². The summed E-state index contributed by atoms with van der Waals surface area (Å²) in [5.41, 5.74) is 1.71. The Morgan fingerprint density at radius 3 is 2.43 bits per heavy atom. The SMILES string of the molecule is COc1ccc(OC2CCCN(C(=O)c3ccc(-n4cccc4)cc3)C2)nn1. The minimum absolute atomic E-state index is 0.0215. The molecule has 1 aliphatic rings. The maximum absolute atomic E-state index is 12.9. The number of nitrogens with zero attached hydrogens (tertiary/aromatic N) is 4. The van der Waals surface area contributed by atoms with Gasteiger partial charge in [0.25, 0.3) is 5.91 Å². The monoisotopic (exact) mass is 378 g/mol. The maximum atomic E-state index is 12.9. The molecular formula is C21H22N4O3. The van der Waals surface area contributed by atoms with Gasteiger partial charge in [-0.2, -0.15) is 0 Å². The first-order chi connectivity index (χ1) is 13.7. The zero-order valence-corrected chi connectivity index (χ0v) is 15.7. The van der Waals surface area contributed by atoms with Gasteiger partial charge in [0.15, 0.2) is 0 Å². The second-order valence-corrected chi connectivity index (χ2v) is 6.68. The van der Waals surface area contributed by atoms with E-state index in [1.54, 1.807) is 19.2 Å². The van der Waals surface area contributed by atoms with E-state index in [-0.39, 0.29) is 12.0 Å². The molecule has 3 aromatic rings. The van der Waals surface area contributed by atoms with Crippen molar-refractivity contribution in [2.24, 2.45) is 0 Å². The molecule has 1 fully saturated rings. The molecule has 0 bridgehead atoms. The van der Waals surface area contributed by atoms with Crippen LogP contribution >= 0.6 is 0 Å². The van der Waals surface area contributed by atoms with Gasteiger partial charge in [0.2, 0.25) is 11.8 Å². The molecule has 0 N–H and O–H groups in total. The number of aromatic nitrogens is 3. The molecule has 1 unspecified atom stereocenters. The summed E-state index contributed by atoms with van der Waals surface area (Å²) in [6.07, 6.45) is 5.63. The smallest absolute Gasteiger partial charge is 0.253 e. The summed E-state index contributed by atoms with van der Waals surface area (Å²) in [6.45, 7) is 1.26. The maximum Gasteiger partial charge on any atom is 0.253 e. The first-order valence-electron chi connectivity index (χ1n) is 9.30. The predicted octanol–water partition coefficient (Wildman–Crippen LogP) is 2.96. The molecule has 28 heavy (non-hydrogen) atoms. The third kappa shape index (κ3) is 3.98. The van der Waals surface area contributed by atoms with E-state index >= 15 is 0 Å². The van der Waals surface area contributed by atoms with Crippen LogP contribution in [0.5, 0.6) is 11.8 Å². The normalized spacial score (nSPS) is 16.6. The third-order valence-corrected chi connectivity index (χ3v) is 4.79. The van der Waals surface area contributed by atoms with Crippen LogP contribution in [0.25, 0.3) is 5.69 Å². The van der Waals surface area contributed by atoms with Crippen LogP contribution in [-0.4, -0.2) is 51.9 Å². The van der Waals surface area contributed by atoms with E-state index in [9.17, 15) is 4.79 Å². The zero-order chi connectivity index (χ0) is 19.3. The van der Waals surface area contributed by atoms with Gasteiger partial charge in [-0.15, -0.1) is 10.2 Å². The first kappa shape index (κ1) is 18.0. The number of carbonyl (C=O) groups is 1. The molecule has 7 heteroatoms. The van der Waals surface area contributed by atoms with E-state index in [0.29, 0.717) is 23.9 Å². The van der Waals surface area contributed by atoms with Crippen molar-refractivity contribution in [3.63, 3.8) is 0 Å². The number of hydrogen-bond acceptors (Lipinski definition) is 5. The van der Waals surface area contributed by atoms with Crippen molar-refractivity contribution < 1.29 is 14.3 Å². The van der Waals surface area contributed by atoms with E-state index in [2.05, 4.69) is 10.2 Å². The summed E-state index contributed by atoms with van der Waals surface area (Å²) >= 11 is 0. The molecule has 4 rings (SSSR count). The highest BCUT2D eigenvalue weighted by Crippen LogP contribution is 2.20. The number of methoxy groups -OCH3 is 1. The van der Waals surface area contributed by atoms with Crippen molar-refractivity contribution in [3.8, 4) is 17.4 Å². The minimum atomic E-state index is -0.0976. The second kappa shape index (κ2) is 8.12. The van der Waals surface area contributed by atoms with Crippen molar-refractivity contribution in [1.29, 1.82) is 0 Å². The third-order valence-electron chi connectivity index (χ3n) is 4.79. The molecule has 2 aromatic heterocycles. The molecule has 1 atom stereocenters. The molecular weight excluding hydrogens is 356 g/mol. The molecule has 1 aliphatic heterocycles. The predicted molar refractivity (Wildman–Crippen MR) is 104 cm³/mol. The van der Waals surface area contributed by atoms with Crippen LogP contribution in [0.1, 0.15) is 23.2 Å². The van der Waals surface area contributed by atoms with Crippen LogP contribution < -0.4 is 9.47 Å². The molecule has 1 aromatic carbocycles. The molecule has 0 saturated carbocycles. The molecule has 3 heterocycles. The van der Waals surface area contributed by atoms with Crippen LogP contribution in [0.4, 0.5) is 0 Å². The highest BCUT2D eigenvalue weighted by atomic mass is 16.5. The molecule has 0 aliphatic carbocycles. The minimum Gasteiger partial charge on any atom is -0.480 e. The number of benzene rings is 1. The van der Waals surface area contributed by atoms with Crippen molar-refractivity contribution in [2.45, 2.75) is 18.9 Å². The number of rotatable bonds is 5. The Labute approximate surface area is 163 Å². The van der Waals surface area contributed by atoms with E-state index in [1.807, 2.05) is 58.3 Å². The molecule has 0 radical (unpaired) electrons. The van der Waals surface area contributed by atoms with E-state index < -0.39 is 0 Å². The van der Waals surface area contributed by atoms with Crippen molar-refractivity contribution in [3.05, 3.63) is 66.5 Å². The fourth-order valence-electron chi connectivity index (χ4n) is 3.33. The Balaban J connectivity index is 1.40. The van der Waals surface area contributed by atoms with Crippen LogP contribution in [0.3, 0.4) is 0 Å². The average molecular weight is 378 g/mol. The largest absolute Gasteiger partial charge is 0.480 e. The first-order valence-corrected chi connectivity index (χ1v) is 9.30. The van der Waals surface area contributed by atoms with Crippen LogP contribution in [0.2, 0.25) is 0 Å². The summed E-state index contributed by atoms with van der Waals surface area (Å²) in [4.78, 5) is 14.7. The van der Waals surface area contributed by atoms with Gasteiger partial charge < -0.3 is 18.9 Å². The molecule has 7 nitrogen and oxygen atoms in total. The van der Waals surface area contributed by atoms with Crippen molar-refractivity contribution in [2.75, 3.05) is 20.2 Å². The quantitative estimate of drug-likeness (QED) is 0.683. The summed E-state index contributed by atoms with van der Waals surface area (Å²) in [7, 11) is 1.54. The summed E-state index contributed by atoms with van der Waals surface area (Å²) < 4.78 is 12.9. The van der Waals surface area contributed by atoms with Gasteiger partial charge in [-0.25, -0.2) is 0 Å². The average Bonchev–Trinajstić information content (AvgIpc) is 3.29. The van der Waals surface area contributed by atoms with Crippen LogP contribution in [-0.2, 0) is 0 Å². The Hall–Kier alpha value is -3.35. The second-order valence-electron chi connectivity index (χ2n) is 6.68. The Morgan fingerprint density at radius 1 is 1.04 bits per heavy atom. The lowest BCUT2D eigenvalue weighted by atomic mass is 10.1. The van der Waals surface area contributed by atoms with Crippen molar-refractivity contribution >= 4 is 5.91 Å². The van der Waals surface area contributed by atoms with E-state index in [4.69, 9.17) is 9.47 Å². The highest BCUT2D eigenvalue weighted by molar-refractivity contribution is 5.94. The number of hydrogen-bond donors (Lipinski definition) is 0. The van der Waals surface area contributed by atoms with Gasteiger partial charge in [0, 0.05) is 42.3 Å². The van der Waals surface area contributed by atoms with Gasteiger partial charge in [0.1, 0.15) is 6.10 Å². The Bertz CT molecular complexity index is 908. The van der Waals surface area contributed by atoms with Crippen LogP contribution in [0, 0.1) is 0 Å². The summed E-state index contributed by atoms with van der Waals surface area (Å²) in [5.74, 6) is 0.903. The molecule has 1 saturated heterocycles. The molecule has 0 spiro atoms. The lowest BCUT2D eigenvalue weighted by molar-refractivity contribution is 0.0525. The number of piperidine rings is 1. The van der Waals surface area contributed by atoms with Gasteiger partial charge >= 0.3 is 0 Å². The summed E-state index contributed by atoms with van der Waals surface area (Å²) in [5, 5.41) is 7.92. The number of amides is 1. The fraction of sp³-hybridized carbons (Fsp3) is 0.286. The lowest BCUT2D eigenvalue weighted by Crippen LogP contribution is -2.44. The summed E-state index contributed by atoms with van der Waals surface area (Å²) in [6, 6.07) is 15.0. The Kier molecular flexibility index (Phi) is 5.23. The van der Waals surface area contributed by atoms with Crippen LogP contribution in [0.15, 0.2) is 60.9 Å². The lowest BCUT2D eigenvalue weighted by Gasteiger charge is -2.32. The number of ether oxygens (including phenoxy) is 2. The standard InChI is InChI=1S/C21H22N4O3/c1-27-19-10-11-20(23-22-19)28-18-5-4-14-25(15-18)21(26)16-6-8-17(9-7-16)24-12-2-3-13-24/h2-3,6-13,18H,4-5,14-15H2,1H3.